The molecular weight excluding hydrogens is 402 g/mol. The fourth-order valence-corrected chi connectivity index (χ4v) is 5.52. The third kappa shape index (κ3) is 5.45. The van der Waals surface area contributed by atoms with Crippen molar-refractivity contribution in [3.8, 4) is 0 Å². The van der Waals surface area contributed by atoms with Gasteiger partial charge in [-0.05, 0) is 29.2 Å². The number of benzene rings is 2. The van der Waals surface area contributed by atoms with Gasteiger partial charge in [0.1, 0.15) is 6.04 Å². The predicted molar refractivity (Wildman–Crippen MR) is 127 cm³/mol. The summed E-state index contributed by atoms with van der Waals surface area (Å²) in [5.74, 6) is 0. The second kappa shape index (κ2) is 9.97. The van der Waals surface area contributed by atoms with Gasteiger partial charge in [-0.25, -0.2) is 4.79 Å². The fourth-order valence-electron chi connectivity index (χ4n) is 3.88. The van der Waals surface area contributed by atoms with Gasteiger partial charge in [-0.3, -0.25) is 4.90 Å². The number of carbonyl (C=O) groups excluding carboxylic acids is 1. The van der Waals surface area contributed by atoms with Crippen LogP contribution in [0.2, 0.25) is 19.6 Å². The highest BCUT2D eigenvalue weighted by molar-refractivity contribution is 6.83. The van der Waals surface area contributed by atoms with Crippen LogP contribution in [-0.4, -0.2) is 30.3 Å². The monoisotopic (exact) mass is 433 g/mol. The average molecular weight is 434 g/mol. The molecule has 1 N–H and O–H groups in total. The largest absolute Gasteiger partial charge is 0.438 e. The zero-order chi connectivity index (χ0) is 22.4. The van der Waals surface area contributed by atoms with E-state index in [4.69, 9.17) is 4.74 Å². The molecule has 1 saturated heterocycles. The van der Waals surface area contributed by atoms with Crippen molar-refractivity contribution in [2.75, 3.05) is 0 Å². The van der Waals surface area contributed by atoms with Crippen LogP contribution in [0.5, 0.6) is 0 Å². The molecule has 31 heavy (non-hydrogen) atoms. The molecule has 2 aromatic rings. The van der Waals surface area contributed by atoms with E-state index in [0.29, 0.717) is 6.42 Å². The standard InChI is InChI=1S/C26H31NO3Si/c1-5-6-17-22(28)23(31(2,3)4)18-19-27-24(20-13-9-7-10-14-20)25(30-26(27)29)21-15-11-8-12-16-21/h5,7-16,19,22,24-25,28H,1,6,17H2,2-4H3/t18?,22-,24-,25+/m0/s1. The number of ether oxygens (including phenoxy) is 1. The first-order chi connectivity index (χ1) is 14.8. The van der Waals surface area contributed by atoms with E-state index in [1.807, 2.05) is 66.7 Å². The number of hydrogen-bond donors (Lipinski definition) is 1. The summed E-state index contributed by atoms with van der Waals surface area (Å²) in [6.07, 6.45) is 3.38. The minimum atomic E-state index is -1.86. The number of allylic oxidation sites excluding steroid dienone is 1. The van der Waals surface area contributed by atoms with Crippen LogP contribution >= 0.6 is 0 Å². The Kier molecular flexibility index (Phi) is 7.34. The summed E-state index contributed by atoms with van der Waals surface area (Å²) in [5, 5.41) is 11.6. The summed E-state index contributed by atoms with van der Waals surface area (Å²) in [5.41, 5.74) is 5.24. The van der Waals surface area contributed by atoms with E-state index in [9.17, 15) is 9.90 Å². The Morgan fingerprint density at radius 1 is 1.13 bits per heavy atom. The molecule has 3 atom stereocenters. The van der Waals surface area contributed by atoms with Gasteiger partial charge in [0, 0.05) is 0 Å². The highest BCUT2D eigenvalue weighted by Gasteiger charge is 2.42. The van der Waals surface area contributed by atoms with Gasteiger partial charge in [0.2, 0.25) is 0 Å². The lowest BCUT2D eigenvalue weighted by Gasteiger charge is -2.25. The van der Waals surface area contributed by atoms with E-state index < -0.39 is 26.4 Å². The van der Waals surface area contributed by atoms with E-state index in [1.54, 1.807) is 11.1 Å². The molecule has 0 spiro atoms. The molecule has 0 unspecified atom stereocenters. The lowest BCUT2D eigenvalue weighted by Crippen LogP contribution is -2.32. The highest BCUT2D eigenvalue weighted by atomic mass is 28.3. The molecule has 3 rings (SSSR count). The number of nitrogens with zero attached hydrogens (tertiary/aromatic N) is 1. The molecule has 1 aliphatic rings. The number of carbonyl (C=O) groups is 1. The van der Waals surface area contributed by atoms with Crippen LogP contribution in [-0.2, 0) is 4.74 Å². The van der Waals surface area contributed by atoms with Crippen LogP contribution < -0.4 is 0 Å². The van der Waals surface area contributed by atoms with Gasteiger partial charge in [-0.15, -0.1) is 12.3 Å². The van der Waals surface area contributed by atoms with Gasteiger partial charge < -0.3 is 9.84 Å². The molecule has 0 saturated carbocycles. The van der Waals surface area contributed by atoms with Gasteiger partial charge in [0.25, 0.3) is 0 Å². The van der Waals surface area contributed by atoms with E-state index in [-0.39, 0.29) is 6.04 Å². The van der Waals surface area contributed by atoms with Crippen molar-refractivity contribution >= 4 is 14.2 Å². The molecule has 0 aromatic heterocycles. The summed E-state index contributed by atoms with van der Waals surface area (Å²) in [7, 11) is -1.86. The van der Waals surface area contributed by atoms with Crippen molar-refractivity contribution in [2.24, 2.45) is 0 Å². The zero-order valence-electron chi connectivity index (χ0n) is 18.5. The maximum absolute atomic E-state index is 12.9. The van der Waals surface area contributed by atoms with Crippen LogP contribution in [0.15, 0.2) is 90.4 Å². The first-order valence-electron chi connectivity index (χ1n) is 10.7. The van der Waals surface area contributed by atoms with Crippen LogP contribution in [0.3, 0.4) is 0 Å². The number of amides is 1. The Hall–Kier alpha value is -2.85. The van der Waals surface area contributed by atoms with Gasteiger partial charge in [-0.2, -0.15) is 0 Å². The Morgan fingerprint density at radius 2 is 1.71 bits per heavy atom. The molecule has 1 fully saturated rings. The first kappa shape index (κ1) is 22.8. The van der Waals surface area contributed by atoms with E-state index >= 15 is 0 Å². The quantitative estimate of drug-likeness (QED) is 0.308. The number of aliphatic hydroxyl groups excluding tert-OH is 1. The third-order valence-electron chi connectivity index (χ3n) is 5.44. The Labute approximate surface area is 186 Å². The molecule has 5 heteroatoms. The molecule has 0 bridgehead atoms. The molecule has 162 valence electrons. The Balaban J connectivity index is 2.05. The Morgan fingerprint density at radius 3 is 2.26 bits per heavy atom. The predicted octanol–water partition coefficient (Wildman–Crippen LogP) is 6.16. The van der Waals surface area contributed by atoms with Crippen molar-refractivity contribution in [1.82, 2.24) is 4.90 Å². The second-order valence-electron chi connectivity index (χ2n) is 8.80. The van der Waals surface area contributed by atoms with Gasteiger partial charge in [0.15, 0.2) is 6.10 Å². The minimum Gasteiger partial charge on any atom is -0.438 e. The summed E-state index contributed by atoms with van der Waals surface area (Å²) in [6, 6.07) is 19.4. The molecule has 1 heterocycles. The SMILES string of the molecule is C=CCC[C@H](O)C(=C=CN1C(=O)O[C@H](c2ccccc2)[C@@H]1c1ccccc1)[Si](C)(C)C. The zero-order valence-corrected chi connectivity index (χ0v) is 19.5. The second-order valence-corrected chi connectivity index (χ2v) is 13.8. The summed E-state index contributed by atoms with van der Waals surface area (Å²) in [6.45, 7) is 10.3. The summed E-state index contributed by atoms with van der Waals surface area (Å²) >= 11 is 0. The van der Waals surface area contributed by atoms with Crippen molar-refractivity contribution in [1.29, 1.82) is 0 Å². The van der Waals surface area contributed by atoms with E-state index in [2.05, 4.69) is 32.0 Å². The van der Waals surface area contributed by atoms with Crippen LogP contribution in [0.4, 0.5) is 4.79 Å². The van der Waals surface area contributed by atoms with Gasteiger partial charge in [-0.1, -0.05) is 86.4 Å². The first-order valence-corrected chi connectivity index (χ1v) is 14.2. The molecule has 1 aliphatic heterocycles. The van der Waals surface area contributed by atoms with E-state index in [1.165, 1.54) is 0 Å². The molecule has 1 amide bonds. The van der Waals surface area contributed by atoms with Crippen LogP contribution in [0.25, 0.3) is 0 Å². The molecule has 2 aromatic carbocycles. The molecule has 0 radical (unpaired) electrons. The highest BCUT2D eigenvalue weighted by Crippen LogP contribution is 2.43. The van der Waals surface area contributed by atoms with Crippen LogP contribution in [0, 0.1) is 0 Å². The summed E-state index contributed by atoms with van der Waals surface area (Å²) < 4.78 is 5.81. The van der Waals surface area contributed by atoms with E-state index in [0.717, 1.165) is 22.7 Å². The van der Waals surface area contributed by atoms with Crippen molar-refractivity contribution in [3.63, 3.8) is 0 Å². The lowest BCUT2D eigenvalue weighted by atomic mass is 9.96. The van der Waals surface area contributed by atoms with Crippen molar-refractivity contribution in [3.05, 3.63) is 102 Å². The fraction of sp³-hybridized carbons (Fsp3) is 0.308. The van der Waals surface area contributed by atoms with Crippen molar-refractivity contribution in [2.45, 2.75) is 50.7 Å². The third-order valence-corrected chi connectivity index (χ3v) is 7.53. The molecule has 0 aliphatic carbocycles. The average Bonchev–Trinajstić information content (AvgIpc) is 3.09. The number of hydrogen-bond acceptors (Lipinski definition) is 3. The van der Waals surface area contributed by atoms with Crippen LogP contribution in [0.1, 0.15) is 36.1 Å². The number of rotatable bonds is 8. The maximum Gasteiger partial charge on any atom is 0.415 e. The normalized spacial score (nSPS) is 19.4. The van der Waals surface area contributed by atoms with Gasteiger partial charge >= 0.3 is 6.09 Å². The smallest absolute Gasteiger partial charge is 0.415 e. The number of aliphatic hydroxyl groups is 1. The Bertz CT molecular complexity index is 959. The number of cyclic esters (lactones) is 1. The maximum atomic E-state index is 12.9. The lowest BCUT2D eigenvalue weighted by molar-refractivity contribution is 0.131. The van der Waals surface area contributed by atoms with Gasteiger partial charge in [0.05, 0.1) is 20.4 Å². The molecule has 4 nitrogen and oxygen atoms in total. The molecular formula is C26H31NO3Si. The minimum absolute atomic E-state index is 0.309. The van der Waals surface area contributed by atoms with Crippen molar-refractivity contribution < 1.29 is 14.6 Å². The summed E-state index contributed by atoms with van der Waals surface area (Å²) in [4.78, 5) is 14.5. The topological polar surface area (TPSA) is 49.8 Å².